The Morgan fingerprint density at radius 2 is 1.67 bits per heavy atom. The summed E-state index contributed by atoms with van der Waals surface area (Å²) in [7, 11) is 1.66. The minimum atomic E-state index is -0.900. The summed E-state index contributed by atoms with van der Waals surface area (Å²) < 4.78 is 0. The van der Waals surface area contributed by atoms with Gasteiger partial charge >= 0.3 is 5.97 Å². The Labute approximate surface area is 161 Å². The Morgan fingerprint density at radius 1 is 1.11 bits per heavy atom. The van der Waals surface area contributed by atoms with Gasteiger partial charge in [-0.15, -0.1) is 0 Å². The molecule has 27 heavy (non-hydrogen) atoms. The first-order valence-corrected chi connectivity index (χ1v) is 10.6. The van der Waals surface area contributed by atoms with Crippen molar-refractivity contribution in [3.63, 3.8) is 0 Å². The molecular weight excluding hydrogens is 344 g/mol. The fourth-order valence-corrected chi connectivity index (χ4v) is 6.78. The van der Waals surface area contributed by atoms with E-state index in [9.17, 15) is 14.4 Å². The average Bonchev–Trinajstić information content (AvgIpc) is 3.08. The third-order valence-electron chi connectivity index (χ3n) is 7.64. The number of hydrogen-bond donors (Lipinski definition) is 1. The largest absolute Gasteiger partial charge is 0.481 e. The predicted octanol–water partition coefficient (Wildman–Crippen LogP) is 2.37. The van der Waals surface area contributed by atoms with Crippen LogP contribution in [-0.2, 0) is 14.4 Å². The topological polar surface area (TPSA) is 77.9 Å². The van der Waals surface area contributed by atoms with Crippen molar-refractivity contribution >= 4 is 17.8 Å². The molecule has 0 radical (unpaired) electrons. The summed E-state index contributed by atoms with van der Waals surface area (Å²) in [6, 6.07) is -0.406. The standard InChI is InChI=1S/C21H32N2O4/c1-13(19(25)26)12-22(2)18(24)17-4-3-5-23(17)20(27)21-9-14-6-15(10-21)8-16(7-14)11-21/h13-17H,3-12H2,1-2H3,(H,25,26). The molecule has 2 atom stereocenters. The van der Waals surface area contributed by atoms with Gasteiger partial charge in [-0.05, 0) is 69.1 Å². The van der Waals surface area contributed by atoms with Crippen LogP contribution in [0.4, 0.5) is 0 Å². The smallest absolute Gasteiger partial charge is 0.308 e. The fraction of sp³-hybridized carbons (Fsp3) is 0.857. The maximum absolute atomic E-state index is 13.6. The highest BCUT2D eigenvalue weighted by atomic mass is 16.4. The Morgan fingerprint density at radius 3 is 2.19 bits per heavy atom. The first-order valence-electron chi connectivity index (χ1n) is 10.6. The molecular formula is C21H32N2O4. The second kappa shape index (κ2) is 6.78. The minimum Gasteiger partial charge on any atom is -0.481 e. The molecule has 4 aliphatic carbocycles. The van der Waals surface area contributed by atoms with Gasteiger partial charge in [-0.2, -0.15) is 0 Å². The average molecular weight is 376 g/mol. The van der Waals surface area contributed by atoms with Crippen molar-refractivity contribution in [1.29, 1.82) is 0 Å². The molecule has 1 saturated heterocycles. The van der Waals surface area contributed by atoms with E-state index in [0.29, 0.717) is 30.7 Å². The van der Waals surface area contributed by atoms with Crippen LogP contribution in [0, 0.1) is 29.1 Å². The lowest BCUT2D eigenvalue weighted by Crippen LogP contribution is -2.57. The number of amides is 2. The molecule has 4 saturated carbocycles. The van der Waals surface area contributed by atoms with E-state index in [0.717, 1.165) is 25.7 Å². The summed E-state index contributed by atoms with van der Waals surface area (Å²) in [5.74, 6) is 0.731. The van der Waals surface area contributed by atoms with Crippen LogP contribution in [0.2, 0.25) is 0 Å². The zero-order chi connectivity index (χ0) is 19.3. The molecule has 0 spiro atoms. The van der Waals surface area contributed by atoms with E-state index >= 15 is 0 Å². The summed E-state index contributed by atoms with van der Waals surface area (Å²) in [5.41, 5.74) is -0.218. The van der Waals surface area contributed by atoms with Crippen molar-refractivity contribution in [3.8, 4) is 0 Å². The van der Waals surface area contributed by atoms with Crippen LogP contribution >= 0.6 is 0 Å². The Bertz CT molecular complexity index is 611. The van der Waals surface area contributed by atoms with Crippen molar-refractivity contribution in [3.05, 3.63) is 0 Å². The Hall–Kier alpha value is -1.59. The van der Waals surface area contributed by atoms with Crippen LogP contribution in [0.3, 0.4) is 0 Å². The third-order valence-corrected chi connectivity index (χ3v) is 7.64. The number of aliphatic carboxylic acids is 1. The normalized spacial score (nSPS) is 38.1. The van der Waals surface area contributed by atoms with Gasteiger partial charge in [0.25, 0.3) is 0 Å². The number of carbonyl (C=O) groups is 3. The second-order valence-corrected chi connectivity index (χ2v) is 9.81. The molecule has 5 aliphatic rings. The van der Waals surface area contributed by atoms with Crippen molar-refractivity contribution in [2.45, 2.75) is 64.3 Å². The van der Waals surface area contributed by atoms with Crippen molar-refractivity contribution in [2.24, 2.45) is 29.1 Å². The molecule has 6 nitrogen and oxygen atoms in total. The first-order chi connectivity index (χ1) is 12.8. The van der Waals surface area contributed by atoms with Crippen LogP contribution in [0.5, 0.6) is 0 Å². The molecule has 5 fully saturated rings. The molecule has 0 aromatic carbocycles. The van der Waals surface area contributed by atoms with Gasteiger partial charge < -0.3 is 14.9 Å². The van der Waals surface area contributed by atoms with Crippen molar-refractivity contribution < 1.29 is 19.5 Å². The van der Waals surface area contributed by atoms with E-state index in [2.05, 4.69) is 0 Å². The third kappa shape index (κ3) is 3.25. The molecule has 0 aromatic heterocycles. The van der Waals surface area contributed by atoms with Gasteiger partial charge in [0.15, 0.2) is 0 Å². The molecule has 0 aromatic rings. The van der Waals surface area contributed by atoms with E-state index in [1.807, 2.05) is 4.90 Å². The van der Waals surface area contributed by atoms with Crippen LogP contribution in [0.1, 0.15) is 58.3 Å². The highest BCUT2D eigenvalue weighted by molar-refractivity contribution is 5.91. The first kappa shape index (κ1) is 18.8. The summed E-state index contributed by atoms with van der Waals surface area (Å²) in [4.78, 5) is 41.1. The van der Waals surface area contributed by atoms with E-state index in [1.54, 1.807) is 14.0 Å². The van der Waals surface area contributed by atoms with E-state index in [-0.39, 0.29) is 23.8 Å². The highest BCUT2D eigenvalue weighted by Crippen LogP contribution is 2.60. The van der Waals surface area contributed by atoms with Gasteiger partial charge in [-0.3, -0.25) is 14.4 Å². The summed E-state index contributed by atoms with van der Waals surface area (Å²) >= 11 is 0. The van der Waals surface area contributed by atoms with Gasteiger partial charge in [-0.1, -0.05) is 6.92 Å². The zero-order valence-electron chi connectivity index (χ0n) is 16.5. The van der Waals surface area contributed by atoms with E-state index in [1.165, 1.54) is 24.2 Å². The molecule has 150 valence electrons. The molecule has 1 N–H and O–H groups in total. The molecule has 2 amide bonds. The molecule has 2 unspecified atom stereocenters. The number of carboxylic acids is 1. The number of likely N-dealkylation sites (tertiary alicyclic amines) is 1. The molecule has 1 aliphatic heterocycles. The number of hydrogen-bond acceptors (Lipinski definition) is 3. The van der Waals surface area contributed by atoms with Gasteiger partial charge in [0.2, 0.25) is 11.8 Å². The summed E-state index contributed by atoms with van der Waals surface area (Å²) in [6.45, 7) is 2.46. The molecule has 6 heteroatoms. The molecule has 4 bridgehead atoms. The second-order valence-electron chi connectivity index (χ2n) is 9.81. The van der Waals surface area contributed by atoms with Gasteiger partial charge in [0.05, 0.1) is 11.3 Å². The SMILES string of the molecule is CC(CN(C)C(=O)C1CCCN1C(=O)C12CC3CC(CC(C3)C1)C2)C(=O)O. The molecule has 5 rings (SSSR count). The predicted molar refractivity (Wildman–Crippen MR) is 99.8 cm³/mol. The van der Waals surface area contributed by atoms with Crippen molar-refractivity contribution in [1.82, 2.24) is 9.80 Å². The highest BCUT2D eigenvalue weighted by Gasteiger charge is 2.56. The monoisotopic (exact) mass is 376 g/mol. The lowest BCUT2D eigenvalue weighted by Gasteiger charge is -2.56. The number of rotatable bonds is 5. The lowest BCUT2D eigenvalue weighted by atomic mass is 9.49. The van der Waals surface area contributed by atoms with Gasteiger partial charge in [0.1, 0.15) is 6.04 Å². The van der Waals surface area contributed by atoms with Crippen LogP contribution in [0.15, 0.2) is 0 Å². The zero-order valence-corrected chi connectivity index (χ0v) is 16.5. The van der Waals surface area contributed by atoms with E-state index < -0.39 is 17.9 Å². The van der Waals surface area contributed by atoms with Gasteiger partial charge in [-0.25, -0.2) is 0 Å². The minimum absolute atomic E-state index is 0.0984. The number of likely N-dealkylation sites (N-methyl/N-ethyl adjacent to an activating group) is 1. The maximum Gasteiger partial charge on any atom is 0.308 e. The van der Waals surface area contributed by atoms with Gasteiger partial charge in [0, 0.05) is 20.1 Å². The van der Waals surface area contributed by atoms with Crippen LogP contribution in [0.25, 0.3) is 0 Å². The number of nitrogens with zero attached hydrogens (tertiary/aromatic N) is 2. The van der Waals surface area contributed by atoms with Crippen LogP contribution in [-0.4, -0.2) is 58.9 Å². The molecule has 1 heterocycles. The Balaban J connectivity index is 1.47. The van der Waals surface area contributed by atoms with Crippen molar-refractivity contribution in [2.75, 3.05) is 20.1 Å². The summed E-state index contributed by atoms with van der Waals surface area (Å²) in [6.07, 6.45) is 8.49. The lowest BCUT2D eigenvalue weighted by molar-refractivity contribution is -0.162. The van der Waals surface area contributed by atoms with E-state index in [4.69, 9.17) is 5.11 Å². The maximum atomic E-state index is 13.6. The fourth-order valence-electron chi connectivity index (χ4n) is 6.78. The number of carbonyl (C=O) groups excluding carboxylic acids is 2. The Kier molecular flexibility index (Phi) is 4.71. The summed E-state index contributed by atoms with van der Waals surface area (Å²) in [5, 5.41) is 9.11. The van der Waals surface area contributed by atoms with Crippen LogP contribution < -0.4 is 0 Å². The quantitative estimate of drug-likeness (QED) is 0.799. The number of carboxylic acid groups (broad SMARTS) is 1.